The predicted molar refractivity (Wildman–Crippen MR) is 209 cm³/mol. The van der Waals surface area contributed by atoms with Crippen LogP contribution in [0.15, 0.2) is 71.7 Å². The van der Waals surface area contributed by atoms with Gasteiger partial charge in [0, 0.05) is 66.1 Å². The average Bonchev–Trinajstić information content (AvgIpc) is 3.45. The molecule has 1 saturated carbocycles. The first-order valence-electron chi connectivity index (χ1n) is 18.4. The van der Waals surface area contributed by atoms with Crippen LogP contribution >= 0.6 is 22.9 Å². The van der Waals surface area contributed by atoms with Crippen molar-refractivity contribution >= 4 is 71.0 Å². The molecule has 9 rings (SSSR count). The average molecular weight is 821 g/mol. The number of hydrogen-bond donors (Lipinski definition) is 1. The van der Waals surface area contributed by atoms with Crippen LogP contribution in [0, 0.1) is 0 Å². The summed E-state index contributed by atoms with van der Waals surface area (Å²) < 4.78 is 66.0. The fraction of sp³-hybridized carbons (Fsp3) is 0.350. The lowest BCUT2D eigenvalue weighted by atomic mass is 9.89. The quantitative estimate of drug-likeness (QED) is 0.122. The van der Waals surface area contributed by atoms with Crippen LogP contribution in [-0.2, 0) is 23.4 Å². The molecule has 5 heterocycles. The van der Waals surface area contributed by atoms with E-state index in [9.17, 15) is 23.1 Å². The zero-order valence-electron chi connectivity index (χ0n) is 30.6. The van der Waals surface area contributed by atoms with Crippen molar-refractivity contribution in [1.29, 1.82) is 0 Å². The highest BCUT2D eigenvalue weighted by molar-refractivity contribution is 7.26. The lowest BCUT2D eigenvalue weighted by molar-refractivity contribution is -0.147. The van der Waals surface area contributed by atoms with E-state index in [1.165, 1.54) is 29.9 Å². The van der Waals surface area contributed by atoms with E-state index < -0.39 is 30.2 Å². The summed E-state index contributed by atoms with van der Waals surface area (Å²) in [5.74, 6) is -0.257. The number of hydrogen-bond acceptors (Lipinski definition) is 11. The van der Waals surface area contributed by atoms with Crippen LogP contribution < -0.4 is 14.2 Å². The summed E-state index contributed by atoms with van der Waals surface area (Å²) in [6.07, 6.45) is -0.735. The van der Waals surface area contributed by atoms with Gasteiger partial charge in [-0.25, -0.2) is 14.8 Å². The van der Waals surface area contributed by atoms with Crippen LogP contribution in [0.1, 0.15) is 24.1 Å². The molecule has 296 valence electrons. The second-order valence-corrected chi connectivity index (χ2v) is 15.9. The van der Waals surface area contributed by atoms with Crippen molar-refractivity contribution < 1.29 is 41.7 Å². The van der Waals surface area contributed by atoms with Gasteiger partial charge in [0.2, 0.25) is 12.0 Å². The van der Waals surface area contributed by atoms with Gasteiger partial charge >= 0.3 is 12.1 Å². The summed E-state index contributed by atoms with van der Waals surface area (Å²) in [7, 11) is 2.12. The monoisotopic (exact) mass is 820 g/mol. The molecule has 3 aromatic carbocycles. The molecule has 1 atom stereocenters. The third-order valence-electron chi connectivity index (χ3n) is 10.9. The first kappa shape index (κ1) is 37.4. The Labute approximate surface area is 332 Å². The third-order valence-corrected chi connectivity index (χ3v) is 12.4. The van der Waals surface area contributed by atoms with E-state index in [-0.39, 0.29) is 18.2 Å². The van der Waals surface area contributed by atoms with Crippen molar-refractivity contribution in [2.75, 3.05) is 46.4 Å². The summed E-state index contributed by atoms with van der Waals surface area (Å²) in [4.78, 5) is 27.5. The van der Waals surface area contributed by atoms with Crippen molar-refractivity contribution in [2.45, 2.75) is 43.7 Å². The van der Waals surface area contributed by atoms with Gasteiger partial charge in [-0.15, -0.1) is 11.3 Å². The summed E-state index contributed by atoms with van der Waals surface area (Å²) in [6.45, 7) is 3.73. The Morgan fingerprint density at radius 2 is 1.81 bits per heavy atom. The molecule has 1 aliphatic heterocycles. The van der Waals surface area contributed by atoms with Gasteiger partial charge in [0.05, 0.1) is 27.1 Å². The SMILES string of the molecule is CN1CCN(CCOc2ccc3c(c2Cl)c2ccoc2c2sc4ncnc(OC(C(=O)O)C5(c6ccccc6OCc6ccnn6CC(F)(F)F)CC5)c4c32)CC1. The molecule has 17 heteroatoms. The molecule has 2 fully saturated rings. The van der Waals surface area contributed by atoms with Gasteiger partial charge in [-0.3, -0.25) is 9.58 Å². The predicted octanol–water partition coefficient (Wildman–Crippen LogP) is 7.93. The maximum Gasteiger partial charge on any atom is 0.408 e. The van der Waals surface area contributed by atoms with E-state index in [1.807, 2.05) is 18.2 Å². The Morgan fingerprint density at radius 3 is 2.58 bits per heavy atom. The summed E-state index contributed by atoms with van der Waals surface area (Å²) in [5.41, 5.74) is 0.356. The lowest BCUT2D eigenvalue weighted by Crippen LogP contribution is -2.45. The van der Waals surface area contributed by atoms with Crippen molar-refractivity contribution in [3.05, 3.63) is 83.6 Å². The molecule has 0 bridgehead atoms. The number of ether oxygens (including phenoxy) is 3. The van der Waals surface area contributed by atoms with Gasteiger partial charge in [0.1, 0.15) is 42.4 Å². The number of rotatable bonds is 13. The van der Waals surface area contributed by atoms with E-state index in [1.54, 1.807) is 30.5 Å². The van der Waals surface area contributed by atoms with Crippen LogP contribution in [0.25, 0.3) is 42.0 Å². The minimum absolute atomic E-state index is 0.0789. The number of piperazine rings is 1. The Morgan fingerprint density at radius 1 is 1.00 bits per heavy atom. The number of carboxylic acid groups (broad SMARTS) is 1. The van der Waals surface area contributed by atoms with Gasteiger partial charge in [-0.1, -0.05) is 29.8 Å². The maximum atomic E-state index is 13.2. The van der Waals surface area contributed by atoms with Crippen molar-refractivity contribution in [1.82, 2.24) is 29.5 Å². The summed E-state index contributed by atoms with van der Waals surface area (Å²) in [5, 5.41) is 18.5. The normalized spacial score (nSPS) is 16.8. The largest absolute Gasteiger partial charge is 0.491 e. The molecular weight excluding hydrogens is 785 g/mol. The van der Waals surface area contributed by atoms with E-state index in [4.69, 9.17) is 30.2 Å². The Hall–Kier alpha value is -5.16. The number of halogens is 4. The van der Waals surface area contributed by atoms with Crippen LogP contribution in [0.2, 0.25) is 5.02 Å². The first-order chi connectivity index (χ1) is 27.5. The molecule has 7 aromatic rings. The van der Waals surface area contributed by atoms with Gasteiger partial charge in [0.25, 0.3) is 0 Å². The van der Waals surface area contributed by atoms with Gasteiger partial charge in [-0.05, 0) is 55.6 Å². The van der Waals surface area contributed by atoms with E-state index in [2.05, 4.69) is 31.9 Å². The molecule has 1 unspecified atom stereocenters. The van der Waals surface area contributed by atoms with Gasteiger partial charge in [0.15, 0.2) is 5.58 Å². The summed E-state index contributed by atoms with van der Waals surface area (Å²) >= 11 is 8.54. The lowest BCUT2D eigenvalue weighted by Gasteiger charge is -2.32. The molecule has 0 radical (unpaired) electrons. The number of aromatic nitrogens is 4. The number of likely N-dealkylation sites (N-methyl/N-ethyl adjacent to an activating group) is 1. The molecule has 1 aliphatic carbocycles. The van der Waals surface area contributed by atoms with Crippen molar-refractivity contribution in [3.63, 3.8) is 0 Å². The van der Waals surface area contributed by atoms with Crippen molar-refractivity contribution in [2.24, 2.45) is 0 Å². The smallest absolute Gasteiger partial charge is 0.408 e. The minimum atomic E-state index is -4.46. The second kappa shape index (κ2) is 14.7. The van der Waals surface area contributed by atoms with Crippen LogP contribution in [-0.4, -0.2) is 99.3 Å². The topological polar surface area (TPSA) is 128 Å². The van der Waals surface area contributed by atoms with E-state index in [0.29, 0.717) is 62.7 Å². The number of furan rings is 1. The van der Waals surface area contributed by atoms with Crippen molar-refractivity contribution in [3.8, 4) is 17.4 Å². The Balaban J connectivity index is 1.06. The van der Waals surface area contributed by atoms with E-state index in [0.717, 1.165) is 58.3 Å². The highest BCUT2D eigenvalue weighted by Crippen LogP contribution is 2.56. The molecule has 0 amide bonds. The maximum absolute atomic E-state index is 13.2. The molecule has 12 nitrogen and oxygen atoms in total. The number of alkyl halides is 3. The van der Waals surface area contributed by atoms with Gasteiger partial charge < -0.3 is 28.6 Å². The Kier molecular flexibility index (Phi) is 9.62. The van der Waals surface area contributed by atoms with Crippen LogP contribution in [0.5, 0.6) is 17.4 Å². The first-order valence-corrected chi connectivity index (χ1v) is 19.6. The molecule has 2 aliphatic rings. The number of nitrogens with zero attached hydrogens (tertiary/aromatic N) is 6. The molecule has 1 saturated heterocycles. The van der Waals surface area contributed by atoms with Gasteiger partial charge in [-0.2, -0.15) is 18.3 Å². The standard InChI is InChI=1S/C40H36ClF3N6O6S/c1-48-13-15-49(16-14-48)17-19-53-28-7-6-24-29(32(28)41)25-9-18-54-33(25)34-30(24)31-36(45-22-46-37(31)57-34)56-35(38(51)52)39(10-11-39)26-4-2-3-5-27(26)55-20-23-8-12-47-50(23)21-40(42,43)44/h2-9,12,18,22,35H,10-11,13-17,19-21H2,1H3,(H,51,52). The zero-order chi connectivity index (χ0) is 39.5. The molecular formula is C40H36ClF3N6O6S. The number of thiophene rings is 1. The fourth-order valence-corrected chi connectivity index (χ4v) is 9.33. The molecule has 57 heavy (non-hydrogen) atoms. The van der Waals surface area contributed by atoms with Crippen LogP contribution in [0.3, 0.4) is 0 Å². The second-order valence-electron chi connectivity index (χ2n) is 14.5. The number of benzene rings is 3. The van der Waals surface area contributed by atoms with Crippen LogP contribution in [0.4, 0.5) is 13.2 Å². The minimum Gasteiger partial charge on any atom is -0.491 e. The number of carbonyl (C=O) groups is 1. The molecule has 4 aromatic heterocycles. The fourth-order valence-electron chi connectivity index (χ4n) is 7.86. The summed E-state index contributed by atoms with van der Waals surface area (Å²) in [6, 6.07) is 14.0. The number of fused-ring (bicyclic) bond motifs is 8. The number of para-hydroxylation sites is 1. The molecule has 0 spiro atoms. The highest BCUT2D eigenvalue weighted by atomic mass is 35.5. The zero-order valence-corrected chi connectivity index (χ0v) is 32.2. The number of aliphatic carboxylic acids is 1. The number of carboxylic acids is 1. The van der Waals surface area contributed by atoms with E-state index >= 15 is 0 Å². The molecule has 1 N–H and O–H groups in total. The third kappa shape index (κ3) is 6.98. The highest BCUT2D eigenvalue weighted by Gasteiger charge is 2.57. The Bertz CT molecular complexity index is 2630.